The molecule has 0 aliphatic rings. The number of ether oxygens (including phenoxy) is 2. The highest BCUT2D eigenvalue weighted by molar-refractivity contribution is 6.33. The molecule has 0 atom stereocenters. The maximum absolute atomic E-state index is 6.00. The molecule has 14 heavy (non-hydrogen) atoms. The Morgan fingerprint density at radius 1 is 1.21 bits per heavy atom. The maximum Gasteiger partial charge on any atom is 0.255 e. The molecular weight excluding hydrogens is 204 g/mol. The van der Waals surface area contributed by atoms with Gasteiger partial charge in [0.05, 0.1) is 19.8 Å². The van der Waals surface area contributed by atoms with Gasteiger partial charge in [-0.3, -0.25) is 0 Å². The van der Waals surface area contributed by atoms with E-state index in [0.29, 0.717) is 16.8 Å². The fraction of sp³-hybridized carbons (Fsp3) is 0.667. The van der Waals surface area contributed by atoms with E-state index in [1.54, 1.807) is 11.8 Å². The molecule has 0 aliphatic carbocycles. The van der Waals surface area contributed by atoms with Crippen LogP contribution in [0.15, 0.2) is 0 Å². The van der Waals surface area contributed by atoms with Crippen LogP contribution in [-0.4, -0.2) is 24.0 Å². The molecule has 1 aromatic rings. The van der Waals surface area contributed by atoms with Gasteiger partial charge in [-0.1, -0.05) is 11.6 Å². The Bertz CT molecular complexity index is 328. The van der Waals surface area contributed by atoms with Crippen molar-refractivity contribution < 1.29 is 9.47 Å². The van der Waals surface area contributed by atoms with Gasteiger partial charge in [-0.25, -0.2) is 4.68 Å². The average molecular weight is 219 g/mol. The van der Waals surface area contributed by atoms with Crippen molar-refractivity contribution in [3.05, 3.63) is 5.02 Å². The summed E-state index contributed by atoms with van der Waals surface area (Å²) >= 11 is 6.00. The summed E-state index contributed by atoms with van der Waals surface area (Å²) in [5.41, 5.74) is -0.189. The Kier molecular flexibility index (Phi) is 2.95. The number of aromatic nitrogens is 2. The summed E-state index contributed by atoms with van der Waals surface area (Å²) < 4.78 is 11.9. The molecule has 0 aliphatic heterocycles. The number of hydrogen-bond donors (Lipinski definition) is 0. The predicted octanol–water partition coefficient (Wildman–Crippen LogP) is 2.31. The second-order valence-electron chi connectivity index (χ2n) is 3.92. The zero-order valence-electron chi connectivity index (χ0n) is 9.09. The molecule has 0 unspecified atom stereocenters. The van der Waals surface area contributed by atoms with Crippen molar-refractivity contribution in [1.82, 2.24) is 9.78 Å². The summed E-state index contributed by atoms with van der Waals surface area (Å²) in [7, 11) is 3.09. The number of methoxy groups -OCH3 is 2. The Balaban J connectivity index is 3.30. The minimum atomic E-state index is -0.189. The largest absolute Gasteiger partial charge is 0.480 e. The Morgan fingerprint density at radius 2 is 1.79 bits per heavy atom. The molecule has 1 heterocycles. The number of nitrogens with zero attached hydrogens (tertiary/aromatic N) is 2. The molecule has 0 spiro atoms. The van der Waals surface area contributed by atoms with Gasteiger partial charge in [-0.15, -0.1) is 5.10 Å². The molecule has 4 nitrogen and oxygen atoms in total. The maximum atomic E-state index is 6.00. The van der Waals surface area contributed by atoms with Crippen LogP contribution in [0.25, 0.3) is 0 Å². The van der Waals surface area contributed by atoms with Crippen molar-refractivity contribution in [2.24, 2.45) is 0 Å². The van der Waals surface area contributed by atoms with Gasteiger partial charge in [-0.2, -0.15) is 0 Å². The van der Waals surface area contributed by atoms with Gasteiger partial charge in [0.25, 0.3) is 5.88 Å². The average Bonchev–Trinajstić information content (AvgIpc) is 2.41. The summed E-state index contributed by atoms with van der Waals surface area (Å²) in [6, 6.07) is 0. The highest BCUT2D eigenvalue weighted by Gasteiger charge is 2.25. The van der Waals surface area contributed by atoms with Crippen LogP contribution in [0, 0.1) is 0 Å². The van der Waals surface area contributed by atoms with Crippen LogP contribution in [0.2, 0.25) is 5.02 Å². The smallest absolute Gasteiger partial charge is 0.255 e. The summed E-state index contributed by atoms with van der Waals surface area (Å²) in [4.78, 5) is 0. The highest BCUT2D eigenvalue weighted by Crippen LogP contribution is 2.36. The number of halogens is 1. The van der Waals surface area contributed by atoms with E-state index >= 15 is 0 Å². The third-order valence-corrected chi connectivity index (χ3v) is 2.10. The summed E-state index contributed by atoms with van der Waals surface area (Å²) in [5, 5.41) is 4.62. The van der Waals surface area contributed by atoms with Crippen LogP contribution in [0.1, 0.15) is 20.8 Å². The van der Waals surface area contributed by atoms with E-state index in [-0.39, 0.29) is 5.54 Å². The molecular formula is C9H15ClN2O2. The Hall–Kier alpha value is -0.900. The minimum absolute atomic E-state index is 0.189. The first kappa shape index (κ1) is 11.2. The van der Waals surface area contributed by atoms with Crippen LogP contribution in [0.4, 0.5) is 0 Å². The topological polar surface area (TPSA) is 36.3 Å². The van der Waals surface area contributed by atoms with Crippen LogP contribution >= 0.6 is 11.6 Å². The van der Waals surface area contributed by atoms with Gasteiger partial charge in [0.1, 0.15) is 0 Å². The van der Waals surface area contributed by atoms with E-state index in [1.165, 1.54) is 7.11 Å². The zero-order chi connectivity index (χ0) is 10.9. The van der Waals surface area contributed by atoms with Gasteiger partial charge in [0.15, 0.2) is 5.02 Å². The SMILES string of the molecule is COc1nn(C(C)(C)C)c(OC)c1Cl. The first-order chi connectivity index (χ1) is 6.41. The van der Waals surface area contributed by atoms with E-state index in [2.05, 4.69) is 5.10 Å². The molecule has 0 saturated carbocycles. The zero-order valence-corrected chi connectivity index (χ0v) is 9.84. The van der Waals surface area contributed by atoms with Crippen LogP contribution in [-0.2, 0) is 5.54 Å². The molecule has 1 aromatic heterocycles. The van der Waals surface area contributed by atoms with Crippen molar-refractivity contribution in [1.29, 1.82) is 0 Å². The third kappa shape index (κ3) is 1.80. The van der Waals surface area contributed by atoms with Crippen molar-refractivity contribution in [3.8, 4) is 11.8 Å². The fourth-order valence-corrected chi connectivity index (χ4v) is 1.40. The molecule has 1 rings (SSSR count). The fourth-order valence-electron chi connectivity index (χ4n) is 1.13. The highest BCUT2D eigenvalue weighted by atomic mass is 35.5. The van der Waals surface area contributed by atoms with Crippen LogP contribution in [0.5, 0.6) is 11.8 Å². The number of hydrogen-bond acceptors (Lipinski definition) is 3. The third-order valence-electron chi connectivity index (χ3n) is 1.78. The van der Waals surface area contributed by atoms with Crippen molar-refractivity contribution in [3.63, 3.8) is 0 Å². The van der Waals surface area contributed by atoms with E-state index in [9.17, 15) is 0 Å². The van der Waals surface area contributed by atoms with Gasteiger partial charge in [-0.05, 0) is 20.8 Å². The van der Waals surface area contributed by atoms with Gasteiger partial charge >= 0.3 is 0 Å². The lowest BCUT2D eigenvalue weighted by Crippen LogP contribution is -2.23. The Morgan fingerprint density at radius 3 is 2.07 bits per heavy atom. The summed E-state index contributed by atoms with van der Waals surface area (Å²) in [6.07, 6.45) is 0. The quantitative estimate of drug-likeness (QED) is 0.765. The first-order valence-electron chi connectivity index (χ1n) is 4.28. The molecule has 0 N–H and O–H groups in total. The van der Waals surface area contributed by atoms with E-state index < -0.39 is 0 Å². The lowest BCUT2D eigenvalue weighted by molar-refractivity contribution is 0.276. The Labute approximate surface area is 88.8 Å². The van der Waals surface area contributed by atoms with Crippen molar-refractivity contribution in [2.75, 3.05) is 14.2 Å². The summed E-state index contributed by atoms with van der Waals surface area (Å²) in [5.74, 6) is 0.912. The molecule has 0 fully saturated rings. The standard InChI is InChI=1S/C9H15ClN2O2/c1-9(2,3)12-8(14-5)6(10)7(11-12)13-4/h1-5H3. The molecule has 0 saturated heterocycles. The molecule has 80 valence electrons. The first-order valence-corrected chi connectivity index (χ1v) is 4.66. The van der Waals surface area contributed by atoms with Crippen LogP contribution in [0.3, 0.4) is 0 Å². The normalized spacial score (nSPS) is 11.6. The van der Waals surface area contributed by atoms with E-state index in [4.69, 9.17) is 21.1 Å². The molecule has 0 aromatic carbocycles. The predicted molar refractivity (Wildman–Crippen MR) is 55.3 cm³/mol. The molecule has 5 heteroatoms. The monoisotopic (exact) mass is 218 g/mol. The van der Waals surface area contributed by atoms with E-state index in [0.717, 1.165) is 0 Å². The molecule has 0 radical (unpaired) electrons. The van der Waals surface area contributed by atoms with Gasteiger partial charge in [0.2, 0.25) is 5.88 Å². The van der Waals surface area contributed by atoms with Gasteiger partial charge < -0.3 is 9.47 Å². The number of rotatable bonds is 2. The van der Waals surface area contributed by atoms with Crippen molar-refractivity contribution in [2.45, 2.75) is 26.3 Å². The van der Waals surface area contributed by atoms with E-state index in [1.807, 2.05) is 20.8 Å². The molecule has 0 amide bonds. The second kappa shape index (κ2) is 3.69. The lowest BCUT2D eigenvalue weighted by Gasteiger charge is -2.20. The minimum Gasteiger partial charge on any atom is -0.480 e. The van der Waals surface area contributed by atoms with Gasteiger partial charge in [0, 0.05) is 0 Å². The van der Waals surface area contributed by atoms with Crippen LogP contribution < -0.4 is 9.47 Å². The second-order valence-corrected chi connectivity index (χ2v) is 4.29. The van der Waals surface area contributed by atoms with Crippen molar-refractivity contribution >= 4 is 11.6 Å². The lowest BCUT2D eigenvalue weighted by atomic mass is 10.1. The molecule has 0 bridgehead atoms. The summed E-state index contributed by atoms with van der Waals surface area (Å²) in [6.45, 7) is 6.04.